The summed E-state index contributed by atoms with van der Waals surface area (Å²) in [4.78, 5) is 25.7. The van der Waals surface area contributed by atoms with Crippen LogP contribution in [0.3, 0.4) is 0 Å². The fourth-order valence-electron chi connectivity index (χ4n) is 1.77. The molecule has 0 aliphatic rings. The van der Waals surface area contributed by atoms with Crippen LogP contribution in [0, 0.1) is 0 Å². The first-order valence-corrected chi connectivity index (χ1v) is 6.52. The molecule has 110 valence electrons. The number of aromatic nitrogens is 3. The van der Waals surface area contributed by atoms with Gasteiger partial charge in [0.1, 0.15) is 12.4 Å². The van der Waals surface area contributed by atoms with Gasteiger partial charge < -0.3 is 4.74 Å². The van der Waals surface area contributed by atoms with Crippen LogP contribution in [0.25, 0.3) is 0 Å². The minimum absolute atomic E-state index is 0.0235. The number of hydrogen-bond donors (Lipinski definition) is 1. The molecule has 0 atom stereocenters. The molecule has 1 aromatic carbocycles. The molecule has 0 saturated heterocycles. The van der Waals surface area contributed by atoms with Gasteiger partial charge in [-0.3, -0.25) is 9.78 Å². The summed E-state index contributed by atoms with van der Waals surface area (Å²) in [5.41, 5.74) is 1.01. The van der Waals surface area contributed by atoms with Gasteiger partial charge in [0.15, 0.2) is 0 Å². The molecule has 21 heavy (non-hydrogen) atoms. The lowest BCUT2D eigenvalue weighted by atomic mass is 10.1. The predicted molar refractivity (Wildman–Crippen MR) is 79.1 cm³/mol. The molecule has 0 radical (unpaired) electrons. The molecule has 1 heterocycles. The SMILES string of the molecule is C=C(C)COCn1nc(Cc2ccccc2)c(=O)[nH]c1=O. The van der Waals surface area contributed by atoms with Crippen LogP contribution in [0.2, 0.25) is 0 Å². The molecule has 0 fully saturated rings. The number of nitrogens with zero attached hydrogens (tertiary/aromatic N) is 2. The van der Waals surface area contributed by atoms with Crippen molar-refractivity contribution in [2.24, 2.45) is 0 Å². The highest BCUT2D eigenvalue weighted by molar-refractivity contribution is 5.19. The first-order valence-electron chi connectivity index (χ1n) is 6.52. The molecular formula is C15H17N3O3. The van der Waals surface area contributed by atoms with E-state index in [1.54, 1.807) is 0 Å². The van der Waals surface area contributed by atoms with Gasteiger partial charge in [0, 0.05) is 6.42 Å². The van der Waals surface area contributed by atoms with Crippen LogP contribution < -0.4 is 11.2 Å². The van der Waals surface area contributed by atoms with Gasteiger partial charge in [0.25, 0.3) is 5.56 Å². The van der Waals surface area contributed by atoms with Gasteiger partial charge in [0.05, 0.1) is 6.61 Å². The highest BCUT2D eigenvalue weighted by Gasteiger charge is 2.07. The van der Waals surface area contributed by atoms with Crippen molar-refractivity contribution in [2.75, 3.05) is 6.61 Å². The zero-order valence-corrected chi connectivity index (χ0v) is 11.8. The summed E-state index contributed by atoms with van der Waals surface area (Å²) in [6, 6.07) is 9.46. The summed E-state index contributed by atoms with van der Waals surface area (Å²) in [5.74, 6) is 0. The Bertz CT molecular complexity index is 732. The largest absolute Gasteiger partial charge is 0.355 e. The van der Waals surface area contributed by atoms with Crippen molar-refractivity contribution in [3.8, 4) is 0 Å². The number of aromatic amines is 1. The maximum atomic E-state index is 11.8. The van der Waals surface area contributed by atoms with Crippen LogP contribution in [-0.4, -0.2) is 21.4 Å². The molecule has 2 aromatic rings. The Hall–Kier alpha value is -2.47. The normalized spacial score (nSPS) is 10.5. The summed E-state index contributed by atoms with van der Waals surface area (Å²) in [6.07, 6.45) is 0.358. The second-order valence-electron chi connectivity index (χ2n) is 4.80. The predicted octanol–water partition coefficient (Wildman–Crippen LogP) is 1.07. The number of benzene rings is 1. The van der Waals surface area contributed by atoms with E-state index in [9.17, 15) is 9.59 Å². The van der Waals surface area contributed by atoms with Crippen LogP contribution in [0.1, 0.15) is 18.2 Å². The molecule has 0 spiro atoms. The summed E-state index contributed by atoms with van der Waals surface area (Å²) in [7, 11) is 0. The van der Waals surface area contributed by atoms with Crippen molar-refractivity contribution in [3.63, 3.8) is 0 Å². The summed E-state index contributed by atoms with van der Waals surface area (Å²) in [5, 5.41) is 4.07. The molecule has 0 bridgehead atoms. The van der Waals surface area contributed by atoms with E-state index >= 15 is 0 Å². The molecule has 0 aliphatic carbocycles. The van der Waals surface area contributed by atoms with Gasteiger partial charge in [-0.15, -0.1) is 0 Å². The first-order chi connectivity index (χ1) is 10.1. The van der Waals surface area contributed by atoms with Crippen molar-refractivity contribution in [3.05, 3.63) is 74.6 Å². The number of H-pyrrole nitrogens is 1. The monoisotopic (exact) mass is 287 g/mol. The molecule has 0 saturated carbocycles. The van der Waals surface area contributed by atoms with E-state index in [0.717, 1.165) is 15.8 Å². The van der Waals surface area contributed by atoms with E-state index in [0.29, 0.717) is 13.0 Å². The highest BCUT2D eigenvalue weighted by atomic mass is 16.5. The highest BCUT2D eigenvalue weighted by Crippen LogP contribution is 2.02. The van der Waals surface area contributed by atoms with E-state index in [1.165, 1.54) is 0 Å². The van der Waals surface area contributed by atoms with E-state index in [-0.39, 0.29) is 12.4 Å². The van der Waals surface area contributed by atoms with Crippen molar-refractivity contribution in [1.29, 1.82) is 0 Å². The third-order valence-electron chi connectivity index (χ3n) is 2.73. The Balaban J connectivity index is 2.20. The van der Waals surface area contributed by atoms with E-state index in [4.69, 9.17) is 4.74 Å². The molecule has 0 unspecified atom stereocenters. The number of hydrogen-bond acceptors (Lipinski definition) is 4. The van der Waals surface area contributed by atoms with Crippen molar-refractivity contribution in [2.45, 2.75) is 20.1 Å². The third kappa shape index (κ3) is 4.25. The fourth-order valence-corrected chi connectivity index (χ4v) is 1.77. The van der Waals surface area contributed by atoms with E-state index in [1.807, 2.05) is 37.3 Å². The smallest absolute Gasteiger partial charge is 0.346 e. The standard InChI is InChI=1S/C15H17N3O3/c1-11(2)9-21-10-18-15(20)16-14(19)13(17-18)8-12-6-4-3-5-7-12/h3-7H,1,8-10H2,2H3,(H,16,19,20). The lowest BCUT2D eigenvalue weighted by Crippen LogP contribution is -2.35. The second kappa shape index (κ2) is 6.81. The van der Waals surface area contributed by atoms with Crippen LogP contribution in [0.4, 0.5) is 0 Å². The molecule has 6 nitrogen and oxygen atoms in total. The van der Waals surface area contributed by atoms with Crippen molar-refractivity contribution < 1.29 is 4.74 Å². The molecule has 2 rings (SSSR count). The van der Waals surface area contributed by atoms with Crippen molar-refractivity contribution in [1.82, 2.24) is 14.8 Å². The molecule has 1 N–H and O–H groups in total. The Labute approximate surface area is 121 Å². The van der Waals surface area contributed by atoms with E-state index < -0.39 is 11.2 Å². The van der Waals surface area contributed by atoms with Gasteiger partial charge in [0.2, 0.25) is 0 Å². The maximum absolute atomic E-state index is 11.8. The Morgan fingerprint density at radius 3 is 2.71 bits per heavy atom. The van der Waals surface area contributed by atoms with Crippen LogP contribution in [-0.2, 0) is 17.9 Å². The lowest BCUT2D eigenvalue weighted by molar-refractivity contribution is 0.0806. The van der Waals surface area contributed by atoms with Gasteiger partial charge in [-0.05, 0) is 12.5 Å². The molecule has 0 aliphatic heterocycles. The van der Waals surface area contributed by atoms with Gasteiger partial charge in [-0.1, -0.05) is 42.5 Å². The van der Waals surface area contributed by atoms with Crippen molar-refractivity contribution >= 4 is 0 Å². The summed E-state index contributed by atoms with van der Waals surface area (Å²) >= 11 is 0. The number of ether oxygens (including phenoxy) is 1. The Kier molecular flexibility index (Phi) is 4.84. The third-order valence-corrected chi connectivity index (χ3v) is 2.73. The van der Waals surface area contributed by atoms with Crippen LogP contribution in [0.15, 0.2) is 52.1 Å². The number of rotatable bonds is 6. The molecular weight excluding hydrogens is 270 g/mol. The zero-order valence-electron chi connectivity index (χ0n) is 11.8. The fraction of sp³-hybridized carbons (Fsp3) is 0.267. The minimum atomic E-state index is -0.585. The summed E-state index contributed by atoms with van der Waals surface area (Å²) < 4.78 is 6.39. The quantitative estimate of drug-likeness (QED) is 0.806. The van der Waals surface area contributed by atoms with Crippen LogP contribution >= 0.6 is 0 Å². The van der Waals surface area contributed by atoms with Gasteiger partial charge >= 0.3 is 5.69 Å². The average molecular weight is 287 g/mol. The lowest BCUT2D eigenvalue weighted by Gasteiger charge is -2.07. The molecule has 1 aromatic heterocycles. The molecule has 0 amide bonds. The Morgan fingerprint density at radius 1 is 1.33 bits per heavy atom. The van der Waals surface area contributed by atoms with Gasteiger partial charge in [-0.2, -0.15) is 9.78 Å². The van der Waals surface area contributed by atoms with E-state index in [2.05, 4.69) is 16.7 Å². The topological polar surface area (TPSA) is 77.0 Å². The first kappa shape index (κ1) is 14.9. The molecule has 6 heteroatoms. The van der Waals surface area contributed by atoms with Crippen LogP contribution in [0.5, 0.6) is 0 Å². The second-order valence-corrected chi connectivity index (χ2v) is 4.80. The Morgan fingerprint density at radius 2 is 2.05 bits per heavy atom. The zero-order chi connectivity index (χ0) is 15.2. The van der Waals surface area contributed by atoms with Gasteiger partial charge in [-0.25, -0.2) is 4.79 Å². The average Bonchev–Trinajstić information content (AvgIpc) is 2.44. The summed E-state index contributed by atoms with van der Waals surface area (Å²) in [6.45, 7) is 5.84. The number of nitrogens with one attached hydrogen (secondary N) is 1. The maximum Gasteiger partial charge on any atom is 0.346 e. The minimum Gasteiger partial charge on any atom is -0.355 e.